The first-order valence-electron chi connectivity index (χ1n) is 6.61. The summed E-state index contributed by atoms with van der Waals surface area (Å²) >= 11 is 0. The second-order valence-corrected chi connectivity index (χ2v) is 4.77. The molecule has 0 spiro atoms. The standard InChI is InChI=1S/C14H16N4O2/c19-10-3-1-2-9(8-10)16-13-11-4-6-15-7-5-12(11)17-14(20)18-13/h1-3,8,15,19H,4-7H2,(H2,16,17,18,20). The average Bonchev–Trinajstić information content (AvgIpc) is 2.64. The number of nitrogens with one attached hydrogen (secondary N) is 3. The van der Waals surface area contributed by atoms with Crippen LogP contribution < -0.4 is 16.3 Å². The van der Waals surface area contributed by atoms with E-state index in [1.807, 2.05) is 6.07 Å². The van der Waals surface area contributed by atoms with E-state index in [0.717, 1.165) is 37.2 Å². The average molecular weight is 272 g/mol. The normalized spacial score (nSPS) is 14.4. The van der Waals surface area contributed by atoms with Crippen molar-refractivity contribution in [2.45, 2.75) is 12.8 Å². The number of phenolic OH excluding ortho intramolecular Hbond substituents is 1. The Hall–Kier alpha value is -2.34. The SMILES string of the molecule is O=c1nc(Nc2cccc(O)c2)c2c([nH]1)CCNCC2. The number of aromatic hydroxyl groups is 1. The lowest BCUT2D eigenvalue weighted by Gasteiger charge is -2.12. The summed E-state index contributed by atoms with van der Waals surface area (Å²) in [5, 5.41) is 15.9. The van der Waals surface area contributed by atoms with Gasteiger partial charge in [-0.2, -0.15) is 4.98 Å². The van der Waals surface area contributed by atoms with Crippen LogP contribution in [0.5, 0.6) is 5.75 Å². The summed E-state index contributed by atoms with van der Waals surface area (Å²) in [6.45, 7) is 1.70. The maximum Gasteiger partial charge on any atom is 0.347 e. The maximum absolute atomic E-state index is 11.7. The van der Waals surface area contributed by atoms with Crippen molar-refractivity contribution in [3.05, 3.63) is 46.0 Å². The van der Waals surface area contributed by atoms with Gasteiger partial charge in [-0.25, -0.2) is 4.79 Å². The van der Waals surface area contributed by atoms with Gasteiger partial charge in [-0.15, -0.1) is 0 Å². The molecule has 0 saturated carbocycles. The number of aromatic amines is 1. The number of H-pyrrole nitrogens is 1. The van der Waals surface area contributed by atoms with Crippen LogP contribution in [0.4, 0.5) is 11.5 Å². The van der Waals surface area contributed by atoms with Crippen LogP contribution >= 0.6 is 0 Å². The van der Waals surface area contributed by atoms with Crippen molar-refractivity contribution in [3.8, 4) is 5.75 Å². The number of aromatic nitrogens is 2. The van der Waals surface area contributed by atoms with Crippen LogP contribution in [0.2, 0.25) is 0 Å². The number of rotatable bonds is 2. The highest BCUT2D eigenvalue weighted by Crippen LogP contribution is 2.23. The zero-order chi connectivity index (χ0) is 13.9. The van der Waals surface area contributed by atoms with E-state index in [0.29, 0.717) is 11.5 Å². The zero-order valence-corrected chi connectivity index (χ0v) is 10.9. The number of benzene rings is 1. The van der Waals surface area contributed by atoms with Crippen LogP contribution in [0.25, 0.3) is 0 Å². The molecule has 2 heterocycles. The molecule has 0 amide bonds. The fraction of sp³-hybridized carbons (Fsp3) is 0.286. The second-order valence-electron chi connectivity index (χ2n) is 4.77. The van der Waals surface area contributed by atoms with Crippen LogP contribution in [0.1, 0.15) is 11.3 Å². The van der Waals surface area contributed by atoms with E-state index in [4.69, 9.17) is 0 Å². The third kappa shape index (κ3) is 2.65. The quantitative estimate of drug-likeness (QED) is 0.652. The second kappa shape index (κ2) is 5.34. The molecule has 0 saturated heterocycles. The molecule has 0 fully saturated rings. The summed E-state index contributed by atoms with van der Waals surface area (Å²) < 4.78 is 0. The Balaban J connectivity index is 2.00. The topological polar surface area (TPSA) is 90.0 Å². The zero-order valence-electron chi connectivity index (χ0n) is 10.9. The molecule has 1 aliphatic heterocycles. The molecule has 2 aromatic rings. The highest BCUT2D eigenvalue weighted by molar-refractivity contribution is 5.61. The van der Waals surface area contributed by atoms with Crippen molar-refractivity contribution in [2.24, 2.45) is 0 Å². The Kier molecular flexibility index (Phi) is 3.39. The van der Waals surface area contributed by atoms with Crippen LogP contribution in [0.3, 0.4) is 0 Å². The molecule has 0 aliphatic carbocycles. The smallest absolute Gasteiger partial charge is 0.347 e. The van der Waals surface area contributed by atoms with Gasteiger partial charge in [-0.05, 0) is 25.1 Å². The minimum Gasteiger partial charge on any atom is -0.508 e. The molecule has 104 valence electrons. The van der Waals surface area contributed by atoms with E-state index in [-0.39, 0.29) is 11.4 Å². The van der Waals surface area contributed by atoms with Gasteiger partial charge in [0.25, 0.3) is 0 Å². The Morgan fingerprint density at radius 2 is 2.10 bits per heavy atom. The summed E-state index contributed by atoms with van der Waals surface area (Å²) in [6.07, 6.45) is 1.59. The van der Waals surface area contributed by atoms with Gasteiger partial charge in [0.2, 0.25) is 0 Å². The van der Waals surface area contributed by atoms with E-state index in [1.54, 1.807) is 18.2 Å². The minimum atomic E-state index is -0.353. The van der Waals surface area contributed by atoms with Crippen molar-refractivity contribution in [2.75, 3.05) is 18.4 Å². The Bertz CT molecular complexity index is 681. The highest BCUT2D eigenvalue weighted by Gasteiger charge is 2.15. The highest BCUT2D eigenvalue weighted by atomic mass is 16.3. The molecule has 1 aromatic carbocycles. The van der Waals surface area contributed by atoms with Gasteiger partial charge in [0.15, 0.2) is 0 Å². The number of hydrogen-bond donors (Lipinski definition) is 4. The van der Waals surface area contributed by atoms with Crippen molar-refractivity contribution in [1.82, 2.24) is 15.3 Å². The fourth-order valence-corrected chi connectivity index (χ4v) is 2.40. The van der Waals surface area contributed by atoms with Gasteiger partial charge in [0.05, 0.1) is 0 Å². The number of hydrogen-bond acceptors (Lipinski definition) is 5. The van der Waals surface area contributed by atoms with Crippen molar-refractivity contribution in [1.29, 1.82) is 0 Å². The van der Waals surface area contributed by atoms with Gasteiger partial charge in [0, 0.05) is 36.0 Å². The molecule has 0 radical (unpaired) electrons. The Morgan fingerprint density at radius 1 is 1.25 bits per heavy atom. The first kappa shape index (κ1) is 12.7. The van der Waals surface area contributed by atoms with Crippen molar-refractivity contribution < 1.29 is 5.11 Å². The third-order valence-corrected chi connectivity index (χ3v) is 3.33. The van der Waals surface area contributed by atoms with Gasteiger partial charge in [-0.1, -0.05) is 6.07 Å². The fourth-order valence-electron chi connectivity index (χ4n) is 2.40. The monoisotopic (exact) mass is 272 g/mol. The molecular weight excluding hydrogens is 256 g/mol. The van der Waals surface area contributed by atoms with Crippen LogP contribution in [-0.2, 0) is 12.8 Å². The molecule has 4 N–H and O–H groups in total. The van der Waals surface area contributed by atoms with Gasteiger partial charge < -0.3 is 20.7 Å². The lowest BCUT2D eigenvalue weighted by atomic mass is 10.1. The predicted octanol–water partition coefficient (Wildman–Crippen LogP) is 0.907. The van der Waals surface area contributed by atoms with E-state index in [1.165, 1.54) is 0 Å². The molecule has 6 nitrogen and oxygen atoms in total. The predicted molar refractivity (Wildman–Crippen MR) is 76.5 cm³/mol. The maximum atomic E-state index is 11.7. The van der Waals surface area contributed by atoms with Gasteiger partial charge in [0.1, 0.15) is 11.6 Å². The summed E-state index contributed by atoms with van der Waals surface area (Å²) in [6, 6.07) is 6.76. The van der Waals surface area contributed by atoms with E-state index in [2.05, 4.69) is 20.6 Å². The van der Waals surface area contributed by atoms with E-state index >= 15 is 0 Å². The van der Waals surface area contributed by atoms with Gasteiger partial charge in [-0.3, -0.25) is 0 Å². The molecular formula is C14H16N4O2. The molecule has 0 atom stereocenters. The van der Waals surface area contributed by atoms with E-state index in [9.17, 15) is 9.90 Å². The van der Waals surface area contributed by atoms with Crippen molar-refractivity contribution in [3.63, 3.8) is 0 Å². The van der Waals surface area contributed by atoms with Crippen LogP contribution in [0.15, 0.2) is 29.1 Å². The number of anilines is 2. The molecule has 6 heteroatoms. The summed E-state index contributed by atoms with van der Waals surface area (Å²) in [5.41, 5.74) is 2.31. The number of phenols is 1. The molecule has 3 rings (SSSR count). The Labute approximate surface area is 115 Å². The summed E-state index contributed by atoms with van der Waals surface area (Å²) in [7, 11) is 0. The van der Waals surface area contributed by atoms with Crippen LogP contribution in [-0.4, -0.2) is 28.2 Å². The molecule has 1 aromatic heterocycles. The lowest BCUT2D eigenvalue weighted by molar-refractivity contribution is 0.475. The summed E-state index contributed by atoms with van der Waals surface area (Å²) in [5.74, 6) is 0.741. The molecule has 20 heavy (non-hydrogen) atoms. The Morgan fingerprint density at radius 3 is 2.95 bits per heavy atom. The first-order valence-corrected chi connectivity index (χ1v) is 6.61. The van der Waals surface area contributed by atoms with E-state index < -0.39 is 0 Å². The van der Waals surface area contributed by atoms with Gasteiger partial charge >= 0.3 is 5.69 Å². The van der Waals surface area contributed by atoms with Crippen molar-refractivity contribution >= 4 is 11.5 Å². The van der Waals surface area contributed by atoms with Crippen LogP contribution in [0, 0.1) is 0 Å². The molecule has 0 bridgehead atoms. The largest absolute Gasteiger partial charge is 0.508 e. The minimum absolute atomic E-state index is 0.174. The third-order valence-electron chi connectivity index (χ3n) is 3.33. The molecule has 0 unspecified atom stereocenters. The lowest BCUT2D eigenvalue weighted by Crippen LogP contribution is -2.18. The number of fused-ring (bicyclic) bond motifs is 1. The first-order chi connectivity index (χ1) is 9.72. The number of nitrogens with zero attached hydrogens (tertiary/aromatic N) is 1. The molecule has 1 aliphatic rings. The summed E-state index contributed by atoms with van der Waals surface area (Å²) in [4.78, 5) is 18.5.